The third kappa shape index (κ3) is 2.84. The fraction of sp³-hybridized carbons (Fsp3) is 0.462. The Morgan fingerprint density at radius 2 is 2.41 bits per heavy atom. The van der Waals surface area contributed by atoms with E-state index in [-0.39, 0.29) is 6.61 Å². The van der Waals surface area contributed by atoms with Gasteiger partial charge in [-0.05, 0) is 18.1 Å². The summed E-state index contributed by atoms with van der Waals surface area (Å²) in [5, 5.41) is 9.30. The van der Waals surface area contributed by atoms with E-state index in [1.54, 1.807) is 13.3 Å². The van der Waals surface area contributed by atoms with Crippen molar-refractivity contribution in [2.75, 3.05) is 31.7 Å². The summed E-state index contributed by atoms with van der Waals surface area (Å²) in [7, 11) is 1.72. The number of aromatic nitrogens is 1. The zero-order chi connectivity index (χ0) is 12.1. The molecule has 1 aromatic rings. The Morgan fingerprint density at radius 3 is 3.06 bits per heavy atom. The minimum atomic E-state index is 0.0585. The molecule has 0 fully saturated rings. The molecular weight excluding hydrogens is 216 g/mol. The molecule has 0 radical (unpaired) electrons. The summed E-state index contributed by atoms with van der Waals surface area (Å²) in [5.41, 5.74) is 3.31. The Hall–Kier alpha value is -1.39. The lowest BCUT2D eigenvalue weighted by atomic mass is 10.1. The second-order valence-corrected chi connectivity index (χ2v) is 4.15. The third-order valence-electron chi connectivity index (χ3n) is 3.03. The number of nitrogens with zero attached hydrogens (tertiary/aromatic N) is 2. The molecule has 2 heterocycles. The smallest absolute Gasteiger partial charge is 0.0703 e. The lowest BCUT2D eigenvalue weighted by Crippen LogP contribution is -2.30. The molecule has 0 saturated heterocycles. The molecule has 1 aliphatic heterocycles. The molecule has 0 amide bonds. The number of anilines is 1. The maximum absolute atomic E-state index is 9.30. The quantitative estimate of drug-likeness (QED) is 0.799. The second kappa shape index (κ2) is 5.80. The first-order valence-electron chi connectivity index (χ1n) is 5.80. The molecular formula is C13H18N2O2. The summed E-state index contributed by atoms with van der Waals surface area (Å²) < 4.78 is 5.13. The maximum atomic E-state index is 9.30. The standard InChI is InChI=1S/C13H18N2O2/c1-17-10-11-3-6-15(7-4-11)13-8-14-5-2-12(13)9-16/h2-3,5,8,16H,4,6-7,9-10H2,1H3. The van der Waals surface area contributed by atoms with Crippen molar-refractivity contribution < 1.29 is 9.84 Å². The Kier molecular flexibility index (Phi) is 4.12. The van der Waals surface area contributed by atoms with Crippen molar-refractivity contribution in [3.05, 3.63) is 35.7 Å². The summed E-state index contributed by atoms with van der Waals surface area (Å²) in [5.74, 6) is 0. The zero-order valence-corrected chi connectivity index (χ0v) is 10.1. The van der Waals surface area contributed by atoms with Gasteiger partial charge in [-0.15, -0.1) is 0 Å². The van der Waals surface area contributed by atoms with Crippen molar-refractivity contribution in [2.45, 2.75) is 13.0 Å². The van der Waals surface area contributed by atoms with E-state index in [0.717, 1.165) is 30.8 Å². The fourth-order valence-corrected chi connectivity index (χ4v) is 2.08. The molecule has 0 aromatic carbocycles. The van der Waals surface area contributed by atoms with Crippen LogP contribution in [0.3, 0.4) is 0 Å². The van der Waals surface area contributed by atoms with Crippen molar-refractivity contribution in [3.63, 3.8) is 0 Å². The van der Waals surface area contributed by atoms with Gasteiger partial charge in [0.15, 0.2) is 0 Å². The van der Waals surface area contributed by atoms with E-state index >= 15 is 0 Å². The van der Waals surface area contributed by atoms with Crippen LogP contribution < -0.4 is 4.90 Å². The van der Waals surface area contributed by atoms with Gasteiger partial charge < -0.3 is 14.7 Å². The van der Waals surface area contributed by atoms with Gasteiger partial charge in [0.05, 0.1) is 25.1 Å². The SMILES string of the molecule is COCC1=CCN(c2cnccc2CO)CC1. The maximum Gasteiger partial charge on any atom is 0.0703 e. The monoisotopic (exact) mass is 234 g/mol. The number of pyridine rings is 1. The van der Waals surface area contributed by atoms with Crippen LogP contribution in [0.25, 0.3) is 0 Å². The predicted octanol–water partition coefficient (Wildman–Crippen LogP) is 1.36. The molecule has 0 spiro atoms. The lowest BCUT2D eigenvalue weighted by Gasteiger charge is -2.29. The lowest BCUT2D eigenvalue weighted by molar-refractivity contribution is 0.222. The van der Waals surface area contributed by atoms with Crippen molar-refractivity contribution in [3.8, 4) is 0 Å². The van der Waals surface area contributed by atoms with Crippen LogP contribution in [-0.4, -0.2) is 36.9 Å². The Balaban J connectivity index is 2.10. The molecule has 4 nitrogen and oxygen atoms in total. The van der Waals surface area contributed by atoms with Gasteiger partial charge in [-0.25, -0.2) is 0 Å². The van der Waals surface area contributed by atoms with E-state index < -0.39 is 0 Å². The first-order valence-corrected chi connectivity index (χ1v) is 5.80. The fourth-order valence-electron chi connectivity index (χ4n) is 2.08. The van der Waals surface area contributed by atoms with E-state index in [1.165, 1.54) is 5.57 Å². The van der Waals surface area contributed by atoms with E-state index in [2.05, 4.69) is 16.0 Å². The van der Waals surface area contributed by atoms with Crippen LogP contribution in [-0.2, 0) is 11.3 Å². The molecule has 1 aliphatic rings. The van der Waals surface area contributed by atoms with Crippen LogP contribution in [0.15, 0.2) is 30.1 Å². The van der Waals surface area contributed by atoms with Crippen molar-refractivity contribution in [1.82, 2.24) is 4.98 Å². The summed E-state index contributed by atoms with van der Waals surface area (Å²) in [6.45, 7) is 2.59. The highest BCUT2D eigenvalue weighted by molar-refractivity contribution is 5.52. The molecule has 0 aliphatic carbocycles. The van der Waals surface area contributed by atoms with E-state index in [0.29, 0.717) is 6.61 Å². The van der Waals surface area contributed by atoms with Crippen LogP contribution in [0.5, 0.6) is 0 Å². The van der Waals surface area contributed by atoms with Crippen LogP contribution in [0.2, 0.25) is 0 Å². The molecule has 2 rings (SSSR count). The second-order valence-electron chi connectivity index (χ2n) is 4.15. The first-order chi connectivity index (χ1) is 8.35. The molecule has 0 unspecified atom stereocenters. The zero-order valence-electron chi connectivity index (χ0n) is 10.1. The third-order valence-corrected chi connectivity index (χ3v) is 3.03. The molecule has 0 saturated carbocycles. The minimum Gasteiger partial charge on any atom is -0.392 e. The summed E-state index contributed by atoms with van der Waals surface area (Å²) >= 11 is 0. The van der Waals surface area contributed by atoms with Crippen LogP contribution in [0, 0.1) is 0 Å². The first kappa shape index (κ1) is 12.1. The van der Waals surface area contributed by atoms with Crippen molar-refractivity contribution in [1.29, 1.82) is 0 Å². The highest BCUT2D eigenvalue weighted by Crippen LogP contribution is 2.22. The molecule has 17 heavy (non-hydrogen) atoms. The van der Waals surface area contributed by atoms with E-state index in [1.807, 2.05) is 12.3 Å². The number of ether oxygens (including phenoxy) is 1. The molecule has 0 atom stereocenters. The molecule has 0 bridgehead atoms. The number of hydrogen-bond donors (Lipinski definition) is 1. The van der Waals surface area contributed by atoms with Gasteiger partial charge in [0.25, 0.3) is 0 Å². The summed E-state index contributed by atoms with van der Waals surface area (Å²) in [6, 6.07) is 1.86. The minimum absolute atomic E-state index is 0.0585. The highest BCUT2D eigenvalue weighted by Gasteiger charge is 2.14. The van der Waals surface area contributed by atoms with Gasteiger partial charge in [0.1, 0.15) is 0 Å². The average molecular weight is 234 g/mol. The Labute approximate surface area is 102 Å². The van der Waals surface area contributed by atoms with Crippen LogP contribution in [0.4, 0.5) is 5.69 Å². The summed E-state index contributed by atoms with van der Waals surface area (Å²) in [4.78, 5) is 6.36. The van der Waals surface area contributed by atoms with Gasteiger partial charge in [-0.3, -0.25) is 4.98 Å². The summed E-state index contributed by atoms with van der Waals surface area (Å²) in [6.07, 6.45) is 6.74. The van der Waals surface area contributed by atoms with Crippen molar-refractivity contribution in [2.24, 2.45) is 0 Å². The van der Waals surface area contributed by atoms with Gasteiger partial charge in [0.2, 0.25) is 0 Å². The van der Waals surface area contributed by atoms with E-state index in [9.17, 15) is 5.11 Å². The van der Waals surface area contributed by atoms with Gasteiger partial charge >= 0.3 is 0 Å². The topological polar surface area (TPSA) is 45.6 Å². The molecule has 92 valence electrons. The molecule has 1 aromatic heterocycles. The van der Waals surface area contributed by atoms with Gasteiger partial charge in [-0.2, -0.15) is 0 Å². The predicted molar refractivity (Wildman–Crippen MR) is 66.9 cm³/mol. The average Bonchev–Trinajstić information content (AvgIpc) is 2.40. The number of aliphatic hydroxyl groups excluding tert-OH is 1. The number of rotatable bonds is 4. The van der Waals surface area contributed by atoms with Gasteiger partial charge in [0, 0.05) is 32.0 Å². The Morgan fingerprint density at radius 1 is 1.53 bits per heavy atom. The Bertz CT molecular complexity index is 404. The van der Waals surface area contributed by atoms with Gasteiger partial charge in [-0.1, -0.05) is 6.08 Å². The van der Waals surface area contributed by atoms with Crippen LogP contribution >= 0.6 is 0 Å². The number of aliphatic hydroxyl groups is 1. The largest absolute Gasteiger partial charge is 0.392 e. The van der Waals surface area contributed by atoms with Crippen LogP contribution in [0.1, 0.15) is 12.0 Å². The normalized spacial score (nSPS) is 15.9. The van der Waals surface area contributed by atoms with E-state index in [4.69, 9.17) is 4.74 Å². The molecule has 1 N–H and O–H groups in total. The number of hydrogen-bond acceptors (Lipinski definition) is 4. The van der Waals surface area contributed by atoms with Crippen molar-refractivity contribution >= 4 is 5.69 Å². The highest BCUT2D eigenvalue weighted by atomic mass is 16.5. The number of methoxy groups -OCH3 is 1. The molecule has 4 heteroatoms.